The molecule has 0 radical (unpaired) electrons. The lowest BCUT2D eigenvalue weighted by atomic mass is 9.79. The predicted octanol–water partition coefficient (Wildman–Crippen LogP) is 15.3. The van der Waals surface area contributed by atoms with Crippen LogP contribution in [-0.4, -0.2) is 0 Å². The zero-order valence-corrected chi connectivity index (χ0v) is 31.0. The van der Waals surface area contributed by atoms with Gasteiger partial charge in [0.25, 0.3) is 0 Å². The van der Waals surface area contributed by atoms with Crippen LogP contribution in [0.3, 0.4) is 0 Å². The van der Waals surface area contributed by atoms with E-state index < -0.39 is 0 Å². The molecule has 0 spiro atoms. The zero-order valence-electron chi connectivity index (χ0n) is 31.0. The van der Waals surface area contributed by atoms with Crippen molar-refractivity contribution in [3.05, 3.63) is 205 Å². The number of hydrogen-bond donors (Lipinski definition) is 0. The lowest BCUT2D eigenvalue weighted by Crippen LogP contribution is -2.14. The molecule has 258 valence electrons. The Morgan fingerprint density at radius 2 is 0.673 bits per heavy atom. The first-order chi connectivity index (χ1) is 27.1. The third-order valence-electron chi connectivity index (χ3n) is 12.2. The number of rotatable bonds is 4. The third kappa shape index (κ3) is 4.71. The van der Waals surface area contributed by atoms with Crippen molar-refractivity contribution in [3.63, 3.8) is 0 Å². The maximum absolute atomic E-state index is 2.47. The fourth-order valence-corrected chi connectivity index (χ4v) is 9.76. The van der Waals surface area contributed by atoms with Crippen molar-refractivity contribution in [2.24, 2.45) is 0 Å². The lowest BCUT2D eigenvalue weighted by molar-refractivity contribution is 0.660. The van der Waals surface area contributed by atoms with Crippen LogP contribution in [0, 0.1) is 0 Å². The molecule has 0 saturated carbocycles. The van der Waals surface area contributed by atoms with Gasteiger partial charge in [-0.3, -0.25) is 0 Å². The highest BCUT2D eigenvalue weighted by Gasteiger charge is 2.35. The van der Waals surface area contributed by atoms with Crippen LogP contribution >= 0.6 is 0 Å². The van der Waals surface area contributed by atoms with Gasteiger partial charge in [-0.15, -0.1) is 0 Å². The molecule has 0 fully saturated rings. The van der Waals surface area contributed by atoms with Crippen LogP contribution in [0.25, 0.3) is 98.7 Å². The first-order valence-electron chi connectivity index (χ1n) is 19.4. The third-order valence-corrected chi connectivity index (χ3v) is 12.2. The second-order valence-electron chi connectivity index (χ2n) is 15.6. The average molecular weight is 699 g/mol. The van der Waals surface area contributed by atoms with Crippen LogP contribution in [0.4, 0.5) is 0 Å². The molecule has 0 nitrogen and oxygen atoms in total. The summed E-state index contributed by atoms with van der Waals surface area (Å²) in [5.74, 6) is 0. The largest absolute Gasteiger partial charge is 0.0622 e. The summed E-state index contributed by atoms with van der Waals surface area (Å²) in [5.41, 5.74) is 15.5. The van der Waals surface area contributed by atoms with Gasteiger partial charge in [0.15, 0.2) is 0 Å². The summed E-state index contributed by atoms with van der Waals surface area (Å²) in [7, 11) is 0. The quantitative estimate of drug-likeness (QED) is 0.161. The molecule has 0 bridgehead atoms. The van der Waals surface area contributed by atoms with E-state index in [1.165, 1.54) is 110 Å². The van der Waals surface area contributed by atoms with Crippen LogP contribution in [-0.2, 0) is 5.41 Å². The molecule has 0 heteroatoms. The van der Waals surface area contributed by atoms with E-state index in [0.717, 1.165) is 0 Å². The molecule has 10 aromatic rings. The van der Waals surface area contributed by atoms with Crippen molar-refractivity contribution in [3.8, 4) is 55.6 Å². The minimum atomic E-state index is -0.0487. The first-order valence-corrected chi connectivity index (χ1v) is 19.4. The summed E-state index contributed by atoms with van der Waals surface area (Å²) < 4.78 is 0. The highest BCUT2D eigenvalue weighted by Crippen LogP contribution is 2.53. The summed E-state index contributed by atoms with van der Waals surface area (Å²) in [5, 5.41) is 10.1. The Balaban J connectivity index is 1.30. The molecular formula is C55H38. The van der Waals surface area contributed by atoms with E-state index >= 15 is 0 Å². The van der Waals surface area contributed by atoms with Crippen molar-refractivity contribution in [1.29, 1.82) is 0 Å². The Morgan fingerprint density at radius 3 is 1.25 bits per heavy atom. The van der Waals surface area contributed by atoms with Crippen LogP contribution in [0.15, 0.2) is 194 Å². The van der Waals surface area contributed by atoms with Gasteiger partial charge in [0.1, 0.15) is 0 Å². The molecule has 11 rings (SSSR count). The van der Waals surface area contributed by atoms with Crippen LogP contribution in [0.1, 0.15) is 25.0 Å². The van der Waals surface area contributed by atoms with E-state index in [-0.39, 0.29) is 5.41 Å². The highest BCUT2D eigenvalue weighted by atomic mass is 14.4. The Labute approximate surface area is 322 Å². The van der Waals surface area contributed by atoms with Gasteiger partial charge in [-0.1, -0.05) is 196 Å². The van der Waals surface area contributed by atoms with Crippen molar-refractivity contribution in [2.75, 3.05) is 0 Å². The maximum Gasteiger partial charge on any atom is 0.0158 e. The van der Waals surface area contributed by atoms with Crippen LogP contribution < -0.4 is 0 Å². The van der Waals surface area contributed by atoms with Crippen molar-refractivity contribution in [1.82, 2.24) is 0 Å². The van der Waals surface area contributed by atoms with Crippen molar-refractivity contribution in [2.45, 2.75) is 19.3 Å². The lowest BCUT2D eigenvalue weighted by Gasteiger charge is -2.23. The number of fused-ring (bicyclic) bond motifs is 7. The molecule has 0 atom stereocenters. The molecule has 0 aromatic heterocycles. The van der Waals surface area contributed by atoms with Gasteiger partial charge < -0.3 is 0 Å². The molecule has 0 saturated heterocycles. The molecule has 0 aliphatic heterocycles. The molecule has 10 aromatic carbocycles. The predicted molar refractivity (Wildman–Crippen MR) is 236 cm³/mol. The van der Waals surface area contributed by atoms with Crippen LogP contribution in [0.2, 0.25) is 0 Å². The summed E-state index contributed by atoms with van der Waals surface area (Å²) in [6.45, 7) is 4.72. The molecule has 1 aliphatic rings. The van der Waals surface area contributed by atoms with Crippen molar-refractivity contribution >= 4 is 43.1 Å². The minimum absolute atomic E-state index is 0.0487. The molecule has 0 heterocycles. The second kappa shape index (κ2) is 12.1. The average Bonchev–Trinajstić information content (AvgIpc) is 3.47. The fourth-order valence-electron chi connectivity index (χ4n) is 9.76. The normalized spacial score (nSPS) is 13.1. The Morgan fingerprint density at radius 1 is 0.255 bits per heavy atom. The van der Waals surface area contributed by atoms with Gasteiger partial charge in [-0.05, 0) is 122 Å². The topological polar surface area (TPSA) is 0 Å². The van der Waals surface area contributed by atoms with Gasteiger partial charge in [0, 0.05) is 5.41 Å². The SMILES string of the molecule is CC1(C)c2ccccc2-c2cc(-c3c4ccccc4c(-c4c5ccccc5c(-c5ccccc5)c5ccccc45)c4ccc(-c5ccccc5)cc34)ccc21. The summed E-state index contributed by atoms with van der Waals surface area (Å²) in [4.78, 5) is 0. The highest BCUT2D eigenvalue weighted by molar-refractivity contribution is 6.30. The number of benzene rings is 10. The smallest absolute Gasteiger partial charge is 0.0158 e. The van der Waals surface area contributed by atoms with Gasteiger partial charge >= 0.3 is 0 Å². The molecule has 0 amide bonds. The zero-order chi connectivity index (χ0) is 36.7. The van der Waals surface area contributed by atoms with Crippen molar-refractivity contribution < 1.29 is 0 Å². The molecule has 1 aliphatic carbocycles. The van der Waals surface area contributed by atoms with E-state index in [0.29, 0.717) is 0 Å². The molecule has 0 N–H and O–H groups in total. The Kier molecular flexibility index (Phi) is 7.00. The molecule has 55 heavy (non-hydrogen) atoms. The van der Waals surface area contributed by atoms with Crippen LogP contribution in [0.5, 0.6) is 0 Å². The standard InChI is InChI=1S/C55H38/c1-55(2)49-28-16-15-21-39(49)47-34-38(30-32-50(47)55)52-42-24-11-14-27-45(42)54(46-31-29-37(33-48(46)52)35-17-5-3-6-18-35)53-43-25-12-9-22-40(43)51(36-19-7-4-8-20-36)41-23-10-13-26-44(41)53/h3-34H,1-2H3. The van der Waals surface area contributed by atoms with E-state index in [9.17, 15) is 0 Å². The fraction of sp³-hybridized carbons (Fsp3) is 0.0545. The van der Waals surface area contributed by atoms with Gasteiger partial charge in [0.2, 0.25) is 0 Å². The monoisotopic (exact) mass is 698 g/mol. The summed E-state index contributed by atoms with van der Waals surface area (Å²) in [6.07, 6.45) is 0. The maximum atomic E-state index is 2.47. The Bertz CT molecular complexity index is 3090. The van der Waals surface area contributed by atoms with Gasteiger partial charge in [0.05, 0.1) is 0 Å². The summed E-state index contributed by atoms with van der Waals surface area (Å²) in [6, 6.07) is 72.2. The Hall–Kier alpha value is -6.76. The molecular weight excluding hydrogens is 661 g/mol. The summed E-state index contributed by atoms with van der Waals surface area (Å²) >= 11 is 0. The minimum Gasteiger partial charge on any atom is -0.0622 e. The van der Waals surface area contributed by atoms with E-state index in [1.54, 1.807) is 0 Å². The number of hydrogen-bond acceptors (Lipinski definition) is 0. The van der Waals surface area contributed by atoms with E-state index in [1.807, 2.05) is 0 Å². The van der Waals surface area contributed by atoms with E-state index in [2.05, 4.69) is 208 Å². The first kappa shape index (κ1) is 31.7. The van der Waals surface area contributed by atoms with Gasteiger partial charge in [-0.2, -0.15) is 0 Å². The molecule has 0 unspecified atom stereocenters. The van der Waals surface area contributed by atoms with Gasteiger partial charge in [-0.25, -0.2) is 0 Å². The second-order valence-corrected chi connectivity index (χ2v) is 15.6. The van der Waals surface area contributed by atoms with E-state index in [4.69, 9.17) is 0 Å².